The van der Waals surface area contributed by atoms with Gasteiger partial charge >= 0.3 is 0 Å². The third-order valence-electron chi connectivity index (χ3n) is 4.57. The normalized spacial score (nSPS) is 31.9. The predicted molar refractivity (Wildman–Crippen MR) is 83.5 cm³/mol. The molecule has 0 saturated heterocycles. The fourth-order valence-electron chi connectivity index (χ4n) is 3.82. The molecule has 1 N–H and O–H groups in total. The summed E-state index contributed by atoms with van der Waals surface area (Å²) in [7, 11) is 0. The number of hydrogen-bond acceptors (Lipinski definition) is 3. The Hall–Kier alpha value is -0.410. The van der Waals surface area contributed by atoms with Crippen LogP contribution in [0.1, 0.15) is 57.7 Å². The number of rotatable bonds is 4. The van der Waals surface area contributed by atoms with Crippen molar-refractivity contribution in [3.05, 3.63) is 16.1 Å². The van der Waals surface area contributed by atoms with Crippen LogP contribution in [0.5, 0.6) is 0 Å². The maximum atomic E-state index is 4.85. The SMILES string of the molecule is CCNC1(c2nc(C)cs2)CC(C)CCC1C(C)C. The second kappa shape index (κ2) is 5.92. The van der Waals surface area contributed by atoms with Crippen LogP contribution in [0.2, 0.25) is 0 Å². The molecule has 0 radical (unpaired) electrons. The smallest absolute Gasteiger partial charge is 0.113 e. The van der Waals surface area contributed by atoms with Crippen molar-refractivity contribution in [2.75, 3.05) is 6.54 Å². The molecule has 0 amide bonds. The average molecular weight is 280 g/mol. The predicted octanol–water partition coefficient (Wildman–Crippen LogP) is 4.35. The van der Waals surface area contributed by atoms with Gasteiger partial charge in [-0.15, -0.1) is 11.3 Å². The molecule has 2 nitrogen and oxygen atoms in total. The van der Waals surface area contributed by atoms with E-state index in [0.29, 0.717) is 11.8 Å². The summed E-state index contributed by atoms with van der Waals surface area (Å²) in [5, 5.41) is 7.35. The summed E-state index contributed by atoms with van der Waals surface area (Å²) in [5.74, 6) is 2.20. The summed E-state index contributed by atoms with van der Waals surface area (Å²) in [5.41, 5.74) is 1.28. The van der Waals surface area contributed by atoms with Crippen molar-refractivity contribution in [2.45, 2.75) is 59.4 Å². The van der Waals surface area contributed by atoms with Crippen LogP contribution >= 0.6 is 11.3 Å². The van der Waals surface area contributed by atoms with Gasteiger partial charge in [0.1, 0.15) is 5.01 Å². The van der Waals surface area contributed by atoms with E-state index in [4.69, 9.17) is 4.98 Å². The molecule has 0 spiro atoms. The van der Waals surface area contributed by atoms with Gasteiger partial charge in [0.05, 0.1) is 5.54 Å². The highest BCUT2D eigenvalue weighted by molar-refractivity contribution is 7.09. The van der Waals surface area contributed by atoms with Crippen LogP contribution in [0.15, 0.2) is 5.38 Å². The molecule has 1 fully saturated rings. The zero-order chi connectivity index (χ0) is 14.0. The van der Waals surface area contributed by atoms with E-state index in [-0.39, 0.29) is 5.54 Å². The van der Waals surface area contributed by atoms with Gasteiger partial charge in [-0.25, -0.2) is 4.98 Å². The number of thiazole rings is 1. The molecule has 0 bridgehead atoms. The van der Waals surface area contributed by atoms with Crippen LogP contribution < -0.4 is 5.32 Å². The molecule has 0 aliphatic heterocycles. The molecule has 1 aliphatic carbocycles. The Morgan fingerprint density at radius 1 is 1.47 bits per heavy atom. The monoisotopic (exact) mass is 280 g/mol. The quantitative estimate of drug-likeness (QED) is 0.887. The topological polar surface area (TPSA) is 24.9 Å². The molecule has 19 heavy (non-hydrogen) atoms. The van der Waals surface area contributed by atoms with E-state index >= 15 is 0 Å². The van der Waals surface area contributed by atoms with E-state index in [1.54, 1.807) is 0 Å². The van der Waals surface area contributed by atoms with Crippen LogP contribution in [0.3, 0.4) is 0 Å². The minimum Gasteiger partial charge on any atom is -0.305 e. The summed E-state index contributed by atoms with van der Waals surface area (Å²) in [6, 6.07) is 0. The molecule has 108 valence electrons. The highest BCUT2D eigenvalue weighted by atomic mass is 32.1. The van der Waals surface area contributed by atoms with Crippen LogP contribution in [-0.2, 0) is 5.54 Å². The second-order valence-corrected chi connectivity index (χ2v) is 7.39. The fraction of sp³-hybridized carbons (Fsp3) is 0.812. The molecular weight excluding hydrogens is 252 g/mol. The molecule has 1 aliphatic rings. The molecule has 2 rings (SSSR count). The largest absolute Gasteiger partial charge is 0.305 e. The highest BCUT2D eigenvalue weighted by Crippen LogP contribution is 2.47. The fourth-order valence-corrected chi connectivity index (χ4v) is 4.86. The first-order chi connectivity index (χ1) is 8.99. The lowest BCUT2D eigenvalue weighted by molar-refractivity contribution is 0.0738. The summed E-state index contributed by atoms with van der Waals surface area (Å²) >= 11 is 1.84. The van der Waals surface area contributed by atoms with E-state index in [9.17, 15) is 0 Å². The first-order valence-corrected chi connectivity index (χ1v) is 8.55. The van der Waals surface area contributed by atoms with Crippen molar-refractivity contribution in [1.82, 2.24) is 10.3 Å². The molecule has 3 heteroatoms. The van der Waals surface area contributed by atoms with Gasteiger partial charge in [-0.3, -0.25) is 0 Å². The Kier molecular flexibility index (Phi) is 4.67. The standard InChI is InChI=1S/C16H28N2S/c1-6-17-16(15-18-13(5)10-19-15)9-12(4)7-8-14(16)11(2)3/h10-12,14,17H,6-9H2,1-5H3. The van der Waals surface area contributed by atoms with Gasteiger partial charge in [0.25, 0.3) is 0 Å². The second-order valence-electron chi connectivity index (χ2n) is 6.53. The van der Waals surface area contributed by atoms with E-state index < -0.39 is 0 Å². The molecular formula is C16H28N2S. The molecule has 1 saturated carbocycles. The molecule has 3 unspecified atom stereocenters. The van der Waals surface area contributed by atoms with Gasteiger partial charge < -0.3 is 5.32 Å². The Balaban J connectivity index is 2.43. The zero-order valence-corrected chi connectivity index (χ0v) is 13.8. The molecule has 1 heterocycles. The van der Waals surface area contributed by atoms with Gasteiger partial charge in [-0.1, -0.05) is 34.1 Å². The third-order valence-corrected chi connectivity index (χ3v) is 5.71. The number of aromatic nitrogens is 1. The van der Waals surface area contributed by atoms with Gasteiger partial charge in [0.2, 0.25) is 0 Å². The van der Waals surface area contributed by atoms with Crippen molar-refractivity contribution in [3.8, 4) is 0 Å². The number of nitrogens with zero attached hydrogens (tertiary/aromatic N) is 1. The van der Waals surface area contributed by atoms with Gasteiger partial charge in [-0.2, -0.15) is 0 Å². The maximum Gasteiger partial charge on any atom is 0.113 e. The summed E-state index contributed by atoms with van der Waals surface area (Å²) in [6.07, 6.45) is 3.92. The zero-order valence-electron chi connectivity index (χ0n) is 13.0. The number of nitrogens with one attached hydrogen (secondary N) is 1. The van der Waals surface area contributed by atoms with E-state index in [0.717, 1.165) is 18.2 Å². The van der Waals surface area contributed by atoms with Crippen LogP contribution in [0.4, 0.5) is 0 Å². The first kappa shape index (κ1) is 15.0. The Morgan fingerprint density at radius 3 is 2.74 bits per heavy atom. The Morgan fingerprint density at radius 2 is 2.21 bits per heavy atom. The minimum atomic E-state index is 0.111. The molecule has 1 aromatic heterocycles. The van der Waals surface area contributed by atoms with Gasteiger partial charge in [-0.05, 0) is 44.1 Å². The third kappa shape index (κ3) is 2.87. The highest BCUT2D eigenvalue weighted by Gasteiger charge is 2.46. The lowest BCUT2D eigenvalue weighted by Gasteiger charge is -2.47. The van der Waals surface area contributed by atoms with Crippen LogP contribution in [-0.4, -0.2) is 11.5 Å². The van der Waals surface area contributed by atoms with Crippen molar-refractivity contribution >= 4 is 11.3 Å². The van der Waals surface area contributed by atoms with Crippen molar-refractivity contribution in [3.63, 3.8) is 0 Å². The maximum absolute atomic E-state index is 4.85. The van der Waals surface area contributed by atoms with E-state index in [1.165, 1.54) is 24.3 Å². The van der Waals surface area contributed by atoms with Crippen molar-refractivity contribution < 1.29 is 0 Å². The molecule has 3 atom stereocenters. The minimum absolute atomic E-state index is 0.111. The Bertz CT molecular complexity index is 413. The van der Waals surface area contributed by atoms with Crippen molar-refractivity contribution in [1.29, 1.82) is 0 Å². The lowest BCUT2D eigenvalue weighted by Crippen LogP contribution is -2.53. The average Bonchev–Trinajstić information content (AvgIpc) is 2.76. The molecule has 1 aromatic rings. The van der Waals surface area contributed by atoms with Gasteiger partial charge in [0.15, 0.2) is 0 Å². The Labute approximate surface area is 122 Å². The van der Waals surface area contributed by atoms with Crippen LogP contribution in [0, 0.1) is 24.7 Å². The first-order valence-electron chi connectivity index (χ1n) is 7.67. The number of aryl methyl sites for hydroxylation is 1. The summed E-state index contributed by atoms with van der Waals surface area (Å²) in [4.78, 5) is 4.85. The van der Waals surface area contributed by atoms with Gasteiger partial charge in [0, 0.05) is 11.1 Å². The summed E-state index contributed by atoms with van der Waals surface area (Å²) in [6.45, 7) is 12.5. The van der Waals surface area contributed by atoms with Crippen molar-refractivity contribution in [2.24, 2.45) is 17.8 Å². The molecule has 0 aromatic carbocycles. The lowest BCUT2D eigenvalue weighted by atomic mass is 9.65. The van der Waals surface area contributed by atoms with E-state index in [2.05, 4.69) is 45.3 Å². The van der Waals surface area contributed by atoms with E-state index in [1.807, 2.05) is 11.3 Å². The van der Waals surface area contributed by atoms with Crippen LogP contribution in [0.25, 0.3) is 0 Å². The summed E-state index contributed by atoms with van der Waals surface area (Å²) < 4.78 is 0. The number of hydrogen-bond donors (Lipinski definition) is 1.